The predicted octanol–water partition coefficient (Wildman–Crippen LogP) is 6.54. The lowest BCUT2D eigenvalue weighted by Gasteiger charge is -2.62. The number of hydrogen-bond donors (Lipinski definition) is 1. The number of hydrogen-bond acceptors (Lipinski definition) is 5. The fourth-order valence-electron chi connectivity index (χ4n) is 9.72. The lowest BCUT2D eigenvalue weighted by atomic mass is 9.44. The summed E-state index contributed by atoms with van der Waals surface area (Å²) in [5.74, 6) is 4.37. The molecule has 0 radical (unpaired) electrons. The minimum atomic E-state index is -0.332. The Morgan fingerprint density at radius 3 is 2.75 bits per heavy atom. The predicted molar refractivity (Wildman–Crippen MR) is 141 cm³/mol. The van der Waals surface area contributed by atoms with E-state index in [0.29, 0.717) is 63.5 Å². The van der Waals surface area contributed by atoms with Gasteiger partial charge in [0.05, 0.1) is 18.6 Å². The molecule has 4 saturated carbocycles. The Labute approximate surface area is 215 Å². The van der Waals surface area contributed by atoms with Crippen molar-refractivity contribution in [3.05, 3.63) is 34.5 Å². The van der Waals surface area contributed by atoms with Crippen LogP contribution < -0.4 is 10.4 Å². The van der Waals surface area contributed by atoms with E-state index >= 15 is 0 Å². The van der Waals surface area contributed by atoms with E-state index in [0.717, 1.165) is 25.2 Å². The quantitative estimate of drug-likeness (QED) is 0.512. The van der Waals surface area contributed by atoms with Crippen molar-refractivity contribution in [3.63, 3.8) is 0 Å². The van der Waals surface area contributed by atoms with Crippen LogP contribution in [0.15, 0.2) is 27.4 Å². The number of aromatic nitrogens is 1. The van der Waals surface area contributed by atoms with Gasteiger partial charge in [-0.15, -0.1) is 0 Å². The van der Waals surface area contributed by atoms with Crippen LogP contribution in [-0.2, 0) is 6.42 Å². The maximum Gasteiger partial charge on any atom is 0.346 e. The first kappa shape index (κ1) is 24.5. The van der Waals surface area contributed by atoms with Gasteiger partial charge in [-0.05, 0) is 110 Å². The average molecular weight is 494 g/mol. The summed E-state index contributed by atoms with van der Waals surface area (Å²) in [6, 6.07) is 5.37. The van der Waals surface area contributed by atoms with Crippen LogP contribution in [0.3, 0.4) is 0 Å². The lowest BCUT2D eigenvalue weighted by Crippen LogP contribution is -2.57. The van der Waals surface area contributed by atoms with Crippen molar-refractivity contribution >= 4 is 10.9 Å². The number of methoxy groups -OCH3 is 1. The van der Waals surface area contributed by atoms with E-state index in [2.05, 4.69) is 18.8 Å². The maximum absolute atomic E-state index is 12.5. The van der Waals surface area contributed by atoms with Crippen LogP contribution in [-0.4, -0.2) is 23.3 Å². The number of ether oxygens (including phenoxy) is 1. The molecule has 0 amide bonds. The van der Waals surface area contributed by atoms with Gasteiger partial charge in [0.25, 0.3) is 0 Å². The van der Waals surface area contributed by atoms with E-state index in [1.54, 1.807) is 19.2 Å². The van der Waals surface area contributed by atoms with E-state index in [1.165, 1.54) is 51.4 Å². The van der Waals surface area contributed by atoms with E-state index in [1.807, 2.05) is 6.07 Å². The molecule has 5 heteroatoms. The zero-order valence-corrected chi connectivity index (χ0v) is 22.3. The highest BCUT2D eigenvalue weighted by Gasteiger charge is 2.61. The molecule has 0 bridgehead atoms. The Balaban J connectivity index is 1.16. The Morgan fingerprint density at radius 1 is 1.08 bits per heavy atom. The maximum atomic E-state index is 12.5. The third-order valence-corrected chi connectivity index (χ3v) is 11.6. The smallest absolute Gasteiger partial charge is 0.346 e. The van der Waals surface area contributed by atoms with E-state index in [-0.39, 0.29) is 11.7 Å². The monoisotopic (exact) mass is 493 g/mol. The summed E-state index contributed by atoms with van der Waals surface area (Å²) in [6.07, 6.45) is 14.3. The van der Waals surface area contributed by atoms with Crippen LogP contribution in [0.5, 0.6) is 5.75 Å². The first-order valence-corrected chi connectivity index (χ1v) is 14.5. The Hall–Kier alpha value is -1.88. The number of rotatable bonds is 5. The summed E-state index contributed by atoms with van der Waals surface area (Å²) in [7, 11) is 1.61. The first-order valence-electron chi connectivity index (χ1n) is 14.5. The van der Waals surface area contributed by atoms with Crippen LogP contribution in [0, 0.1) is 40.4 Å². The highest BCUT2D eigenvalue weighted by Crippen LogP contribution is 2.67. The van der Waals surface area contributed by atoms with Crippen molar-refractivity contribution in [1.82, 2.24) is 4.98 Å². The SMILES string of the molecule is COc1cccc2c(=O)oc(CCCC3CCC4C5C(O)CC6CCCCC6(C)C5CCC34C)nc12. The van der Waals surface area contributed by atoms with Crippen LogP contribution in [0.1, 0.15) is 90.4 Å². The van der Waals surface area contributed by atoms with Gasteiger partial charge in [0, 0.05) is 6.42 Å². The molecule has 4 fully saturated rings. The fraction of sp³-hybridized carbons (Fsp3) is 0.742. The summed E-state index contributed by atoms with van der Waals surface area (Å²) in [5, 5.41) is 11.9. The third-order valence-electron chi connectivity index (χ3n) is 11.6. The molecule has 196 valence electrons. The first-order chi connectivity index (χ1) is 17.3. The van der Waals surface area contributed by atoms with Crippen molar-refractivity contribution in [2.24, 2.45) is 40.4 Å². The van der Waals surface area contributed by atoms with Gasteiger partial charge in [-0.25, -0.2) is 9.78 Å². The number of aryl methyl sites for hydroxylation is 1. The van der Waals surface area contributed by atoms with Crippen LogP contribution in [0.2, 0.25) is 0 Å². The largest absolute Gasteiger partial charge is 0.494 e. The molecule has 0 saturated heterocycles. The molecule has 2 aromatic rings. The normalized spacial score (nSPS) is 39.9. The summed E-state index contributed by atoms with van der Waals surface area (Å²) < 4.78 is 11.0. The fourth-order valence-corrected chi connectivity index (χ4v) is 9.72. The minimum Gasteiger partial charge on any atom is -0.494 e. The van der Waals surface area contributed by atoms with Gasteiger partial charge in [-0.1, -0.05) is 32.8 Å². The van der Waals surface area contributed by atoms with E-state index < -0.39 is 0 Å². The molecule has 4 aliphatic carbocycles. The second kappa shape index (κ2) is 9.15. The average Bonchev–Trinajstić information content (AvgIpc) is 3.20. The number of benzene rings is 1. The van der Waals surface area contributed by atoms with Crippen LogP contribution in [0.4, 0.5) is 0 Å². The molecule has 4 aliphatic rings. The van der Waals surface area contributed by atoms with E-state index in [4.69, 9.17) is 9.15 Å². The number of fused-ring (bicyclic) bond motifs is 6. The second-order valence-corrected chi connectivity index (χ2v) is 13.0. The van der Waals surface area contributed by atoms with Crippen LogP contribution >= 0.6 is 0 Å². The van der Waals surface area contributed by atoms with Gasteiger partial charge < -0.3 is 14.3 Å². The highest BCUT2D eigenvalue weighted by atomic mass is 16.5. The molecular weight excluding hydrogens is 450 g/mol. The highest BCUT2D eigenvalue weighted by molar-refractivity contribution is 5.83. The van der Waals surface area contributed by atoms with Gasteiger partial charge in [0.1, 0.15) is 11.3 Å². The zero-order chi connectivity index (χ0) is 25.1. The van der Waals surface area contributed by atoms with Gasteiger partial charge in [-0.2, -0.15) is 0 Å². The minimum absolute atomic E-state index is 0.111. The van der Waals surface area contributed by atoms with Gasteiger partial charge in [-0.3, -0.25) is 0 Å². The summed E-state index contributed by atoms with van der Waals surface area (Å²) in [5.41, 5.74) is 1.03. The molecule has 36 heavy (non-hydrogen) atoms. The molecule has 0 aliphatic heterocycles. The Kier molecular flexibility index (Phi) is 6.21. The van der Waals surface area contributed by atoms with Crippen molar-refractivity contribution in [2.75, 3.05) is 7.11 Å². The Morgan fingerprint density at radius 2 is 1.92 bits per heavy atom. The second-order valence-electron chi connectivity index (χ2n) is 13.0. The number of nitrogens with zero attached hydrogens (tertiary/aromatic N) is 1. The van der Waals surface area contributed by atoms with Gasteiger partial charge in [0.2, 0.25) is 0 Å². The van der Waals surface area contributed by atoms with Crippen molar-refractivity contribution in [3.8, 4) is 5.75 Å². The van der Waals surface area contributed by atoms with Gasteiger partial charge >= 0.3 is 5.63 Å². The van der Waals surface area contributed by atoms with Crippen molar-refractivity contribution in [2.45, 2.75) is 97.0 Å². The zero-order valence-electron chi connectivity index (χ0n) is 22.3. The number of para-hydroxylation sites is 1. The van der Waals surface area contributed by atoms with E-state index in [9.17, 15) is 9.90 Å². The molecule has 1 aromatic heterocycles. The third kappa shape index (κ3) is 3.75. The molecule has 1 heterocycles. The molecule has 1 N–H and O–H groups in total. The van der Waals surface area contributed by atoms with Crippen molar-refractivity contribution in [1.29, 1.82) is 0 Å². The standard InChI is InChI=1S/C31H43NO4/c1-30-16-5-4-8-20(30)18-24(33)27-22-14-13-19(31(22,2)17-15-23(27)30)9-6-12-26-32-28-21(29(34)36-26)10-7-11-25(28)35-3/h7,10-11,19-20,22-24,27,33H,4-6,8-9,12-18H2,1-3H3. The topological polar surface area (TPSA) is 72.6 Å². The van der Waals surface area contributed by atoms with Crippen LogP contribution in [0.25, 0.3) is 10.9 Å². The molecule has 8 unspecified atom stereocenters. The molecule has 6 rings (SSSR count). The summed E-state index contributed by atoms with van der Waals surface area (Å²) in [4.78, 5) is 17.2. The van der Waals surface area contributed by atoms with Crippen molar-refractivity contribution < 1.29 is 14.3 Å². The molecule has 8 atom stereocenters. The number of aliphatic hydroxyl groups is 1. The lowest BCUT2D eigenvalue weighted by molar-refractivity contribution is -0.162. The number of aliphatic hydroxyl groups excluding tert-OH is 1. The Bertz CT molecular complexity index is 1170. The molecule has 1 aromatic carbocycles. The molecule has 0 spiro atoms. The summed E-state index contributed by atoms with van der Waals surface area (Å²) >= 11 is 0. The summed E-state index contributed by atoms with van der Waals surface area (Å²) in [6.45, 7) is 5.11. The molecule has 5 nitrogen and oxygen atoms in total. The molecular formula is C31H43NO4. The van der Waals surface area contributed by atoms with Gasteiger partial charge in [0.15, 0.2) is 5.89 Å².